The predicted molar refractivity (Wildman–Crippen MR) is 142 cm³/mol. The van der Waals surface area contributed by atoms with E-state index in [2.05, 4.69) is 32.0 Å². The molecule has 0 spiro atoms. The number of hydrogen-bond donors (Lipinski definition) is 1. The Morgan fingerprint density at radius 2 is 1.85 bits per heavy atom. The minimum Gasteiger partial charge on any atom is -0.322 e. The Morgan fingerprint density at radius 1 is 1.05 bits per heavy atom. The molecule has 1 saturated heterocycles. The van der Waals surface area contributed by atoms with Crippen LogP contribution in [0.15, 0.2) is 61.2 Å². The quantitative estimate of drug-likeness (QED) is 0.394. The fourth-order valence-corrected chi connectivity index (χ4v) is 4.46. The van der Waals surface area contributed by atoms with Crippen LogP contribution in [0.25, 0.3) is 5.65 Å². The summed E-state index contributed by atoms with van der Waals surface area (Å²) in [6, 6.07) is 10.8. The SMILES string of the molecule is Cc1ccc(C(=O)Nc2ccc(CN3CCN(C)CC3)c(C(F)(F)F)c2)cc1C#Cc1cnc2ccncn12. The Balaban J connectivity index is 1.35. The van der Waals surface area contributed by atoms with Gasteiger partial charge in [0.25, 0.3) is 5.91 Å². The van der Waals surface area contributed by atoms with Crippen LogP contribution in [0.5, 0.6) is 0 Å². The number of hydrogen-bond acceptors (Lipinski definition) is 5. The molecule has 5 rings (SSSR count). The highest BCUT2D eigenvalue weighted by atomic mass is 19.4. The third-order valence-corrected chi connectivity index (χ3v) is 6.81. The van der Waals surface area contributed by atoms with Crippen molar-refractivity contribution < 1.29 is 18.0 Å². The Bertz CT molecular complexity index is 1580. The number of nitrogens with one attached hydrogen (secondary N) is 1. The number of alkyl halides is 3. The van der Waals surface area contributed by atoms with Crippen LogP contribution in [-0.4, -0.2) is 63.3 Å². The second kappa shape index (κ2) is 10.9. The standard InChI is InChI=1S/C29H27F3N6O/c1-20-3-4-22(15-21(20)6-8-25-17-34-27-9-10-33-19-38(25)27)28(39)35-24-7-5-23(26(16-24)29(30,31)32)18-37-13-11-36(2)12-14-37/h3-5,7,9-10,15-17,19H,11-14,18H2,1-2H3,(H,35,39). The molecule has 0 bridgehead atoms. The number of nitrogens with zero attached hydrogens (tertiary/aromatic N) is 5. The number of aromatic nitrogens is 3. The van der Waals surface area contributed by atoms with Crippen LogP contribution < -0.4 is 5.32 Å². The van der Waals surface area contributed by atoms with Crippen molar-refractivity contribution in [3.63, 3.8) is 0 Å². The summed E-state index contributed by atoms with van der Waals surface area (Å²) in [5.74, 6) is 5.61. The summed E-state index contributed by atoms with van der Waals surface area (Å²) in [6.45, 7) is 5.12. The van der Waals surface area contributed by atoms with Crippen LogP contribution in [0.3, 0.4) is 0 Å². The second-order valence-corrected chi connectivity index (χ2v) is 9.63. The number of likely N-dealkylation sites (N-methyl/N-ethyl adjacent to an activating group) is 1. The molecule has 3 heterocycles. The Hall–Kier alpha value is -4.20. The normalized spacial score (nSPS) is 14.7. The van der Waals surface area contributed by atoms with Gasteiger partial charge in [-0.1, -0.05) is 18.1 Å². The number of halogens is 3. The van der Waals surface area contributed by atoms with Crippen molar-refractivity contribution in [2.45, 2.75) is 19.6 Å². The average Bonchev–Trinajstić information content (AvgIpc) is 3.33. The van der Waals surface area contributed by atoms with Gasteiger partial charge in [0.2, 0.25) is 0 Å². The van der Waals surface area contributed by atoms with Gasteiger partial charge in [-0.15, -0.1) is 0 Å². The number of amides is 1. The van der Waals surface area contributed by atoms with Crippen molar-refractivity contribution >= 4 is 17.2 Å². The lowest BCUT2D eigenvalue weighted by Crippen LogP contribution is -2.44. The van der Waals surface area contributed by atoms with E-state index in [1.165, 1.54) is 12.1 Å². The number of rotatable bonds is 4. The van der Waals surface area contributed by atoms with Gasteiger partial charge in [0.05, 0.1) is 11.8 Å². The van der Waals surface area contributed by atoms with Crippen molar-refractivity contribution in [1.29, 1.82) is 0 Å². The van der Waals surface area contributed by atoms with E-state index in [1.807, 2.05) is 18.9 Å². The maximum absolute atomic E-state index is 13.9. The lowest BCUT2D eigenvalue weighted by Gasteiger charge is -2.33. The van der Waals surface area contributed by atoms with Crippen molar-refractivity contribution in [3.05, 3.63) is 94.7 Å². The molecule has 200 valence electrons. The number of anilines is 1. The lowest BCUT2D eigenvalue weighted by molar-refractivity contribution is -0.138. The average molecular weight is 533 g/mol. The van der Waals surface area contributed by atoms with Gasteiger partial charge in [0, 0.05) is 55.7 Å². The lowest BCUT2D eigenvalue weighted by atomic mass is 10.0. The number of piperazine rings is 1. The number of carbonyl (C=O) groups excluding carboxylic acids is 1. The summed E-state index contributed by atoms with van der Waals surface area (Å²) in [6.07, 6.45) is 0.364. The maximum Gasteiger partial charge on any atom is 0.416 e. The third kappa shape index (κ3) is 6.11. The van der Waals surface area contributed by atoms with Gasteiger partial charge < -0.3 is 10.2 Å². The second-order valence-electron chi connectivity index (χ2n) is 9.63. The van der Waals surface area contributed by atoms with E-state index in [0.717, 1.165) is 24.7 Å². The molecular weight excluding hydrogens is 505 g/mol. The van der Waals surface area contributed by atoms with Crippen LogP contribution in [0, 0.1) is 18.8 Å². The van der Waals surface area contributed by atoms with Crippen LogP contribution >= 0.6 is 0 Å². The highest BCUT2D eigenvalue weighted by Gasteiger charge is 2.34. The highest BCUT2D eigenvalue weighted by molar-refractivity contribution is 6.04. The molecule has 4 aromatic rings. The van der Waals surface area contributed by atoms with Gasteiger partial charge in [0.15, 0.2) is 0 Å². The fourth-order valence-electron chi connectivity index (χ4n) is 4.46. The molecule has 0 radical (unpaired) electrons. The first-order valence-corrected chi connectivity index (χ1v) is 12.5. The molecule has 0 atom stereocenters. The van der Waals surface area contributed by atoms with E-state index >= 15 is 0 Å². The molecule has 39 heavy (non-hydrogen) atoms. The smallest absolute Gasteiger partial charge is 0.322 e. The van der Waals surface area contributed by atoms with Crippen molar-refractivity contribution in [2.75, 3.05) is 38.5 Å². The molecule has 7 nitrogen and oxygen atoms in total. The molecule has 1 aliphatic heterocycles. The van der Waals surface area contributed by atoms with Gasteiger partial charge in [-0.2, -0.15) is 13.2 Å². The molecule has 10 heteroatoms. The third-order valence-electron chi connectivity index (χ3n) is 6.81. The summed E-state index contributed by atoms with van der Waals surface area (Å²) >= 11 is 0. The molecule has 0 aliphatic carbocycles. The topological polar surface area (TPSA) is 65.8 Å². The molecule has 1 aliphatic rings. The Kier molecular flexibility index (Phi) is 7.37. The zero-order valence-electron chi connectivity index (χ0n) is 21.6. The van der Waals surface area contributed by atoms with Crippen LogP contribution in [0.1, 0.15) is 38.3 Å². The summed E-state index contributed by atoms with van der Waals surface area (Å²) in [5, 5.41) is 2.62. The van der Waals surface area contributed by atoms with E-state index in [4.69, 9.17) is 0 Å². The van der Waals surface area contributed by atoms with E-state index in [1.54, 1.807) is 47.4 Å². The largest absolute Gasteiger partial charge is 0.416 e. The van der Waals surface area contributed by atoms with Crippen molar-refractivity contribution in [1.82, 2.24) is 24.2 Å². The monoisotopic (exact) mass is 532 g/mol. The first kappa shape index (κ1) is 26.4. The summed E-state index contributed by atoms with van der Waals surface area (Å²) in [4.78, 5) is 25.5. The van der Waals surface area contributed by atoms with E-state index in [-0.39, 0.29) is 17.8 Å². The minimum absolute atomic E-state index is 0.0842. The zero-order chi connectivity index (χ0) is 27.6. The van der Waals surface area contributed by atoms with Gasteiger partial charge in [-0.25, -0.2) is 9.97 Å². The molecule has 0 saturated carbocycles. The van der Waals surface area contributed by atoms with Gasteiger partial charge in [0.1, 0.15) is 17.7 Å². The number of benzene rings is 2. The van der Waals surface area contributed by atoms with Crippen LogP contribution in [0.4, 0.5) is 18.9 Å². The van der Waals surface area contributed by atoms with Crippen molar-refractivity contribution in [3.8, 4) is 11.8 Å². The van der Waals surface area contributed by atoms with Gasteiger partial charge >= 0.3 is 6.18 Å². The van der Waals surface area contributed by atoms with E-state index in [0.29, 0.717) is 35.6 Å². The molecular formula is C29H27F3N6O. The molecule has 1 fully saturated rings. The van der Waals surface area contributed by atoms with E-state index < -0.39 is 17.6 Å². The van der Waals surface area contributed by atoms with E-state index in [9.17, 15) is 18.0 Å². The van der Waals surface area contributed by atoms with Crippen LogP contribution in [-0.2, 0) is 12.7 Å². The Labute approximate surface area is 224 Å². The fraction of sp³-hybridized carbons (Fsp3) is 0.276. The molecule has 1 amide bonds. The number of aryl methyl sites for hydroxylation is 1. The first-order valence-electron chi connectivity index (χ1n) is 12.5. The van der Waals surface area contributed by atoms with Crippen molar-refractivity contribution in [2.24, 2.45) is 0 Å². The Morgan fingerprint density at radius 3 is 2.62 bits per heavy atom. The van der Waals surface area contributed by atoms with Gasteiger partial charge in [-0.05, 0) is 61.4 Å². The predicted octanol–water partition coefficient (Wildman–Crippen LogP) is 4.46. The summed E-state index contributed by atoms with van der Waals surface area (Å²) < 4.78 is 43.6. The minimum atomic E-state index is -4.54. The summed E-state index contributed by atoms with van der Waals surface area (Å²) in [7, 11) is 2.00. The summed E-state index contributed by atoms with van der Waals surface area (Å²) in [5.41, 5.74) is 2.67. The highest BCUT2D eigenvalue weighted by Crippen LogP contribution is 2.34. The molecule has 2 aromatic heterocycles. The molecule has 2 aromatic carbocycles. The van der Waals surface area contributed by atoms with Gasteiger partial charge in [-0.3, -0.25) is 14.1 Å². The molecule has 1 N–H and O–H groups in total. The number of fused-ring (bicyclic) bond motifs is 1. The number of imidazole rings is 1. The maximum atomic E-state index is 13.9. The number of carbonyl (C=O) groups is 1. The zero-order valence-corrected chi connectivity index (χ0v) is 21.6. The van der Waals surface area contributed by atoms with Crippen LogP contribution in [0.2, 0.25) is 0 Å². The first-order chi connectivity index (χ1) is 18.7. The molecule has 0 unspecified atom stereocenters.